The molecule has 1 aromatic rings. The summed E-state index contributed by atoms with van der Waals surface area (Å²) in [5.41, 5.74) is 2.63. The van der Waals surface area contributed by atoms with E-state index in [2.05, 4.69) is 37.1 Å². The number of nitrogens with one attached hydrogen (secondary N) is 1. The Hall–Kier alpha value is -1.15. The summed E-state index contributed by atoms with van der Waals surface area (Å²) in [5, 5.41) is 3.43. The molecule has 2 heteroatoms. The van der Waals surface area contributed by atoms with Gasteiger partial charge in [-0.1, -0.05) is 11.6 Å². The normalized spacial score (nSPS) is 12.2. The fourth-order valence-electron chi connectivity index (χ4n) is 1.21. The number of nitrogens with zero attached hydrogens (tertiary/aromatic N) is 1. The highest BCUT2D eigenvalue weighted by Crippen LogP contribution is 2.09. The van der Waals surface area contributed by atoms with Crippen molar-refractivity contribution in [3.63, 3.8) is 0 Å². The summed E-state index contributed by atoms with van der Waals surface area (Å²) in [5.74, 6) is 0. The third-order valence-electron chi connectivity index (χ3n) is 2.14. The highest BCUT2D eigenvalue weighted by Gasteiger charge is 2.01. The first kappa shape index (κ1) is 10.9. The van der Waals surface area contributed by atoms with Gasteiger partial charge in [-0.2, -0.15) is 0 Å². The Bertz CT molecular complexity index is 286. The van der Waals surface area contributed by atoms with E-state index in [1.807, 2.05) is 24.5 Å². The van der Waals surface area contributed by atoms with Crippen LogP contribution in [-0.2, 0) is 0 Å². The lowest BCUT2D eigenvalue weighted by Crippen LogP contribution is -2.18. The van der Waals surface area contributed by atoms with E-state index in [-0.39, 0.29) is 0 Å². The molecule has 76 valence electrons. The third kappa shape index (κ3) is 3.71. The van der Waals surface area contributed by atoms with E-state index < -0.39 is 0 Å². The van der Waals surface area contributed by atoms with Gasteiger partial charge in [0.25, 0.3) is 0 Å². The van der Waals surface area contributed by atoms with Crippen LogP contribution in [0.15, 0.2) is 36.2 Å². The summed E-state index contributed by atoms with van der Waals surface area (Å²) in [4.78, 5) is 4.00. The van der Waals surface area contributed by atoms with Gasteiger partial charge >= 0.3 is 0 Å². The van der Waals surface area contributed by atoms with E-state index in [0.29, 0.717) is 6.04 Å². The molecule has 0 radical (unpaired) electrons. The summed E-state index contributed by atoms with van der Waals surface area (Å²) in [7, 11) is 0. The number of aromatic nitrogens is 1. The Balaban J connectivity index is 2.43. The molecule has 0 fully saturated rings. The van der Waals surface area contributed by atoms with Gasteiger partial charge in [-0.15, -0.1) is 0 Å². The molecule has 14 heavy (non-hydrogen) atoms. The van der Waals surface area contributed by atoms with Gasteiger partial charge in [0.05, 0.1) is 0 Å². The number of allylic oxidation sites excluding steroid dienone is 1. The molecule has 1 heterocycles. The minimum Gasteiger partial charge on any atom is -0.307 e. The lowest BCUT2D eigenvalue weighted by Gasteiger charge is -2.12. The molecular weight excluding hydrogens is 172 g/mol. The van der Waals surface area contributed by atoms with Gasteiger partial charge in [0, 0.05) is 25.0 Å². The molecule has 0 bridgehead atoms. The summed E-state index contributed by atoms with van der Waals surface area (Å²) in [6, 6.07) is 4.47. The van der Waals surface area contributed by atoms with Crippen molar-refractivity contribution >= 4 is 0 Å². The molecule has 0 unspecified atom stereocenters. The van der Waals surface area contributed by atoms with Crippen molar-refractivity contribution in [1.82, 2.24) is 10.3 Å². The monoisotopic (exact) mass is 190 g/mol. The Morgan fingerprint density at radius 1 is 1.43 bits per heavy atom. The minimum absolute atomic E-state index is 0.383. The molecule has 1 atom stereocenters. The number of hydrogen-bond donors (Lipinski definition) is 1. The lowest BCUT2D eigenvalue weighted by atomic mass is 10.1. The van der Waals surface area contributed by atoms with Crippen LogP contribution in [0, 0.1) is 0 Å². The second-order valence-electron chi connectivity index (χ2n) is 3.69. The molecule has 1 rings (SSSR count). The summed E-state index contributed by atoms with van der Waals surface area (Å²) in [6.45, 7) is 7.30. The Morgan fingerprint density at radius 3 is 2.64 bits per heavy atom. The van der Waals surface area contributed by atoms with Gasteiger partial charge in [0.15, 0.2) is 0 Å². The van der Waals surface area contributed by atoms with Crippen molar-refractivity contribution in [3.8, 4) is 0 Å². The van der Waals surface area contributed by atoms with E-state index in [4.69, 9.17) is 0 Å². The Kier molecular flexibility index (Phi) is 4.33. The maximum atomic E-state index is 4.00. The summed E-state index contributed by atoms with van der Waals surface area (Å²) in [6.07, 6.45) is 5.85. The number of hydrogen-bond acceptors (Lipinski definition) is 2. The first-order chi connectivity index (χ1) is 6.70. The number of rotatable bonds is 4. The van der Waals surface area contributed by atoms with Crippen molar-refractivity contribution in [2.75, 3.05) is 6.54 Å². The topological polar surface area (TPSA) is 24.9 Å². The minimum atomic E-state index is 0.383. The van der Waals surface area contributed by atoms with Gasteiger partial charge in [0.1, 0.15) is 0 Å². The molecule has 0 spiro atoms. The lowest BCUT2D eigenvalue weighted by molar-refractivity contribution is 0.615. The zero-order valence-corrected chi connectivity index (χ0v) is 9.12. The molecule has 0 aliphatic carbocycles. The van der Waals surface area contributed by atoms with Crippen LogP contribution >= 0.6 is 0 Å². The van der Waals surface area contributed by atoms with E-state index in [0.717, 1.165) is 6.54 Å². The molecule has 0 aromatic carbocycles. The molecule has 0 saturated heterocycles. The first-order valence-corrected chi connectivity index (χ1v) is 4.97. The van der Waals surface area contributed by atoms with Crippen molar-refractivity contribution in [1.29, 1.82) is 0 Å². The molecular formula is C12H18N2. The van der Waals surface area contributed by atoms with Crippen molar-refractivity contribution in [3.05, 3.63) is 41.7 Å². The van der Waals surface area contributed by atoms with Crippen molar-refractivity contribution in [2.45, 2.75) is 26.8 Å². The van der Waals surface area contributed by atoms with Crippen LogP contribution in [0.3, 0.4) is 0 Å². The molecule has 0 aliphatic rings. The van der Waals surface area contributed by atoms with Gasteiger partial charge in [-0.25, -0.2) is 0 Å². The maximum absolute atomic E-state index is 4.00. The van der Waals surface area contributed by atoms with Crippen LogP contribution in [-0.4, -0.2) is 11.5 Å². The van der Waals surface area contributed by atoms with Gasteiger partial charge < -0.3 is 5.32 Å². The maximum Gasteiger partial charge on any atom is 0.0295 e. The van der Waals surface area contributed by atoms with E-state index in [1.54, 1.807) is 0 Å². The second kappa shape index (κ2) is 5.55. The van der Waals surface area contributed by atoms with Crippen LogP contribution in [0.5, 0.6) is 0 Å². The highest BCUT2D eigenvalue weighted by atomic mass is 14.9. The average Bonchev–Trinajstić information content (AvgIpc) is 2.18. The fraction of sp³-hybridized carbons (Fsp3) is 0.417. The fourth-order valence-corrected chi connectivity index (χ4v) is 1.21. The average molecular weight is 190 g/mol. The smallest absolute Gasteiger partial charge is 0.0295 e. The van der Waals surface area contributed by atoms with Gasteiger partial charge in [0.2, 0.25) is 0 Å². The van der Waals surface area contributed by atoms with Crippen LogP contribution in [0.25, 0.3) is 0 Å². The van der Waals surface area contributed by atoms with Crippen LogP contribution in [0.1, 0.15) is 32.4 Å². The van der Waals surface area contributed by atoms with Crippen LogP contribution in [0.2, 0.25) is 0 Å². The number of pyridine rings is 1. The van der Waals surface area contributed by atoms with Gasteiger partial charge in [-0.05, 0) is 38.5 Å². The molecule has 1 aromatic heterocycles. The largest absolute Gasteiger partial charge is 0.307 e. The molecule has 0 saturated carbocycles. The zero-order valence-electron chi connectivity index (χ0n) is 9.12. The Labute approximate surface area is 86.1 Å². The summed E-state index contributed by atoms with van der Waals surface area (Å²) < 4.78 is 0. The molecule has 1 N–H and O–H groups in total. The van der Waals surface area contributed by atoms with E-state index >= 15 is 0 Å². The first-order valence-electron chi connectivity index (χ1n) is 4.97. The molecule has 0 aliphatic heterocycles. The molecule has 2 nitrogen and oxygen atoms in total. The quantitative estimate of drug-likeness (QED) is 0.738. The highest BCUT2D eigenvalue weighted by molar-refractivity contribution is 5.14. The van der Waals surface area contributed by atoms with Crippen molar-refractivity contribution < 1.29 is 0 Å². The van der Waals surface area contributed by atoms with E-state index in [1.165, 1.54) is 11.1 Å². The van der Waals surface area contributed by atoms with Crippen LogP contribution in [0.4, 0.5) is 0 Å². The standard InChI is InChI=1S/C12H18N2/c1-10(2)4-9-14-11(3)12-5-7-13-8-6-12/h4-8,11,14H,9H2,1-3H3/t11-/m1/s1. The zero-order chi connectivity index (χ0) is 10.4. The third-order valence-corrected chi connectivity index (χ3v) is 2.14. The van der Waals surface area contributed by atoms with E-state index in [9.17, 15) is 0 Å². The van der Waals surface area contributed by atoms with Gasteiger partial charge in [-0.3, -0.25) is 4.98 Å². The Morgan fingerprint density at radius 2 is 2.07 bits per heavy atom. The van der Waals surface area contributed by atoms with Crippen molar-refractivity contribution in [2.24, 2.45) is 0 Å². The predicted octanol–water partition coefficient (Wildman–Crippen LogP) is 2.70. The molecule has 0 amide bonds. The second-order valence-corrected chi connectivity index (χ2v) is 3.69. The summed E-state index contributed by atoms with van der Waals surface area (Å²) >= 11 is 0. The van der Waals surface area contributed by atoms with Crippen LogP contribution < -0.4 is 5.32 Å². The predicted molar refractivity (Wildman–Crippen MR) is 60.1 cm³/mol. The SMILES string of the molecule is CC(C)=CCN[C@H](C)c1ccncc1.